The number of hydrogen-bond acceptors (Lipinski definition) is 4. The molecule has 37 heavy (non-hydrogen) atoms. The maximum absolute atomic E-state index is 13.9. The quantitative estimate of drug-likeness (QED) is 0.474. The smallest absolute Gasteiger partial charge is 0.268 e. The lowest BCUT2D eigenvalue weighted by Gasteiger charge is -2.35. The zero-order chi connectivity index (χ0) is 27.3. The van der Waals surface area contributed by atoms with Gasteiger partial charge in [-0.25, -0.2) is 0 Å². The molecule has 2 heterocycles. The van der Waals surface area contributed by atoms with E-state index in [-0.39, 0.29) is 40.9 Å². The van der Waals surface area contributed by atoms with E-state index in [1.165, 1.54) is 0 Å². The maximum Gasteiger partial charge on any atom is 0.268 e. The number of nitrogens with zero attached hydrogens (tertiary/aromatic N) is 1. The lowest BCUT2D eigenvalue weighted by Crippen LogP contribution is -2.58. The second-order valence-corrected chi connectivity index (χ2v) is 12.8. The first-order valence-electron chi connectivity index (χ1n) is 13.2. The number of benzene rings is 1. The summed E-state index contributed by atoms with van der Waals surface area (Å²) in [5, 5.41) is 6.75. The molecule has 2 fully saturated rings. The first-order chi connectivity index (χ1) is 17.3. The molecule has 1 aliphatic heterocycles. The van der Waals surface area contributed by atoms with Crippen LogP contribution in [0.2, 0.25) is 0 Å². The number of hydrogen-bond donors (Lipinski definition) is 3. The number of para-hydroxylation sites is 1. The van der Waals surface area contributed by atoms with Crippen molar-refractivity contribution in [1.82, 2.24) is 20.5 Å². The van der Waals surface area contributed by atoms with E-state index in [2.05, 4.69) is 29.5 Å². The number of carbonyl (C=O) groups excluding carboxylic acids is 4. The number of fused-ring (bicyclic) bond motifs is 2. The molecule has 2 unspecified atom stereocenters. The summed E-state index contributed by atoms with van der Waals surface area (Å²) in [6.45, 7) is 14.4. The number of aromatic nitrogens is 1. The van der Waals surface area contributed by atoms with Crippen LogP contribution in [0.1, 0.15) is 65.4 Å². The molecule has 2 aliphatic rings. The Bertz CT molecular complexity index is 1170. The molecule has 1 saturated carbocycles. The van der Waals surface area contributed by atoms with E-state index in [0.717, 1.165) is 17.2 Å². The average Bonchev–Trinajstić information content (AvgIpc) is 3.21. The molecular formula is C29H40N4O4. The van der Waals surface area contributed by atoms with E-state index in [0.29, 0.717) is 18.7 Å². The first-order valence-corrected chi connectivity index (χ1v) is 13.2. The third-order valence-electron chi connectivity index (χ3n) is 8.21. The number of amides is 3. The summed E-state index contributed by atoms with van der Waals surface area (Å²) in [6.07, 6.45) is 1.21. The van der Waals surface area contributed by atoms with Gasteiger partial charge in [0.1, 0.15) is 24.1 Å². The highest BCUT2D eigenvalue weighted by molar-refractivity contribution is 6.01. The van der Waals surface area contributed by atoms with E-state index >= 15 is 0 Å². The summed E-state index contributed by atoms with van der Waals surface area (Å²) in [7, 11) is 0. The number of aldehydes is 1. The van der Waals surface area contributed by atoms with Gasteiger partial charge in [0.2, 0.25) is 11.8 Å². The summed E-state index contributed by atoms with van der Waals surface area (Å²) in [6, 6.07) is 7.30. The van der Waals surface area contributed by atoms with Crippen molar-refractivity contribution >= 4 is 34.9 Å². The van der Waals surface area contributed by atoms with Gasteiger partial charge in [0.05, 0.1) is 6.04 Å². The van der Waals surface area contributed by atoms with Crippen molar-refractivity contribution in [3.05, 3.63) is 36.0 Å². The minimum atomic E-state index is -0.765. The zero-order valence-corrected chi connectivity index (χ0v) is 22.9. The lowest BCUT2D eigenvalue weighted by molar-refractivity contribution is -0.142. The molecule has 200 valence electrons. The van der Waals surface area contributed by atoms with Gasteiger partial charge in [-0.15, -0.1) is 0 Å². The van der Waals surface area contributed by atoms with Gasteiger partial charge in [-0.1, -0.05) is 66.7 Å². The van der Waals surface area contributed by atoms with Gasteiger partial charge in [-0.3, -0.25) is 14.4 Å². The Morgan fingerprint density at radius 1 is 1.16 bits per heavy atom. The second-order valence-electron chi connectivity index (χ2n) is 12.8. The van der Waals surface area contributed by atoms with Gasteiger partial charge in [-0.05, 0) is 47.1 Å². The zero-order valence-electron chi connectivity index (χ0n) is 22.9. The van der Waals surface area contributed by atoms with Crippen LogP contribution >= 0.6 is 0 Å². The predicted molar refractivity (Wildman–Crippen MR) is 143 cm³/mol. The van der Waals surface area contributed by atoms with Crippen LogP contribution in [0.5, 0.6) is 0 Å². The van der Waals surface area contributed by atoms with Gasteiger partial charge in [-0.2, -0.15) is 0 Å². The Morgan fingerprint density at radius 3 is 2.43 bits per heavy atom. The molecule has 8 heteroatoms. The van der Waals surface area contributed by atoms with Crippen LogP contribution in [-0.4, -0.2) is 58.6 Å². The number of H-pyrrole nitrogens is 1. The molecule has 4 rings (SSSR count). The number of piperidine rings is 1. The van der Waals surface area contributed by atoms with Crippen LogP contribution in [0.3, 0.4) is 0 Å². The average molecular weight is 509 g/mol. The SMILES string of the molecule is CC(C)C[C@H](NC(=O)c1cc2ccccc2[nH]1)C(=O)N1CC2[C@@H]([C@H]1C(=O)NC(C=O)C(C)(C)C)C2(C)C. The predicted octanol–water partition coefficient (Wildman–Crippen LogP) is 3.53. The van der Waals surface area contributed by atoms with Crippen molar-refractivity contribution in [3.63, 3.8) is 0 Å². The molecular weight excluding hydrogens is 468 g/mol. The van der Waals surface area contributed by atoms with E-state index < -0.39 is 23.5 Å². The second kappa shape index (κ2) is 9.62. The third-order valence-corrected chi connectivity index (χ3v) is 8.21. The van der Waals surface area contributed by atoms with Crippen molar-refractivity contribution in [2.75, 3.05) is 6.54 Å². The number of nitrogens with one attached hydrogen (secondary N) is 3. The fraction of sp³-hybridized carbons (Fsp3) is 0.586. The van der Waals surface area contributed by atoms with Crippen molar-refractivity contribution in [3.8, 4) is 0 Å². The van der Waals surface area contributed by atoms with E-state index in [9.17, 15) is 19.2 Å². The molecule has 0 radical (unpaired) electrons. The number of rotatable bonds is 8. The van der Waals surface area contributed by atoms with Crippen LogP contribution in [0.25, 0.3) is 10.9 Å². The monoisotopic (exact) mass is 508 g/mol. The molecule has 8 nitrogen and oxygen atoms in total. The summed E-state index contributed by atoms with van der Waals surface area (Å²) in [4.78, 5) is 57.1. The van der Waals surface area contributed by atoms with Crippen LogP contribution < -0.4 is 10.6 Å². The third kappa shape index (κ3) is 5.15. The van der Waals surface area contributed by atoms with Crippen LogP contribution in [0, 0.1) is 28.6 Å². The largest absolute Gasteiger partial charge is 0.351 e. The fourth-order valence-corrected chi connectivity index (χ4v) is 5.83. The summed E-state index contributed by atoms with van der Waals surface area (Å²) in [5.41, 5.74) is 0.734. The summed E-state index contributed by atoms with van der Waals surface area (Å²) < 4.78 is 0. The molecule has 1 aromatic carbocycles. The molecule has 2 aromatic rings. The molecule has 1 aliphatic carbocycles. The Morgan fingerprint density at radius 2 is 1.84 bits per heavy atom. The topological polar surface area (TPSA) is 111 Å². The molecule has 0 bridgehead atoms. The minimum Gasteiger partial charge on any atom is -0.351 e. The highest BCUT2D eigenvalue weighted by Gasteiger charge is 2.69. The molecule has 3 amide bonds. The van der Waals surface area contributed by atoms with Crippen molar-refractivity contribution < 1.29 is 19.2 Å². The van der Waals surface area contributed by atoms with Gasteiger partial charge in [0.25, 0.3) is 5.91 Å². The highest BCUT2D eigenvalue weighted by Crippen LogP contribution is 2.65. The number of carbonyl (C=O) groups is 4. The first kappa shape index (κ1) is 26.9. The Labute approximate surface area is 218 Å². The summed E-state index contributed by atoms with van der Waals surface area (Å²) >= 11 is 0. The molecule has 0 spiro atoms. The van der Waals surface area contributed by atoms with E-state index in [4.69, 9.17) is 0 Å². The standard InChI is InChI=1S/C29H40N4O4/c1-16(2)12-21(31-25(35)20-13-17-10-8-9-11-19(17)30-20)27(37)33-14-18-23(29(18,6)7)24(33)26(36)32-22(15-34)28(3,4)5/h8-11,13,15-16,18,21-24,30H,12,14H2,1-7H3,(H,31,35)(H,32,36)/t18?,21-,22?,23-,24-/m0/s1. The van der Waals surface area contributed by atoms with Crippen molar-refractivity contribution in [2.45, 2.75) is 73.0 Å². The molecule has 5 atom stereocenters. The van der Waals surface area contributed by atoms with Gasteiger partial charge >= 0.3 is 0 Å². The Kier molecular flexibility index (Phi) is 6.99. The minimum absolute atomic E-state index is 0.0211. The maximum atomic E-state index is 13.9. The van der Waals surface area contributed by atoms with Crippen molar-refractivity contribution in [2.24, 2.45) is 28.6 Å². The number of likely N-dealkylation sites (tertiary alicyclic amines) is 1. The van der Waals surface area contributed by atoms with Crippen LogP contribution in [-0.2, 0) is 14.4 Å². The van der Waals surface area contributed by atoms with Crippen LogP contribution in [0.4, 0.5) is 0 Å². The highest BCUT2D eigenvalue weighted by atomic mass is 16.2. The molecule has 1 saturated heterocycles. The lowest BCUT2D eigenvalue weighted by atomic mass is 9.87. The van der Waals surface area contributed by atoms with E-state index in [1.54, 1.807) is 11.0 Å². The number of aromatic amines is 1. The van der Waals surface area contributed by atoms with E-state index in [1.807, 2.05) is 58.9 Å². The molecule has 3 N–H and O–H groups in total. The Hall–Kier alpha value is -3.16. The Balaban J connectivity index is 1.56. The van der Waals surface area contributed by atoms with Gasteiger partial charge in [0.15, 0.2) is 0 Å². The fourth-order valence-electron chi connectivity index (χ4n) is 5.83. The summed E-state index contributed by atoms with van der Waals surface area (Å²) in [5.74, 6) is -0.523. The molecule has 1 aromatic heterocycles. The van der Waals surface area contributed by atoms with Crippen molar-refractivity contribution in [1.29, 1.82) is 0 Å². The van der Waals surface area contributed by atoms with Crippen LogP contribution in [0.15, 0.2) is 30.3 Å². The van der Waals surface area contributed by atoms with Gasteiger partial charge < -0.3 is 25.3 Å². The van der Waals surface area contributed by atoms with Gasteiger partial charge in [0, 0.05) is 17.4 Å². The normalized spacial score (nSPS) is 23.9.